The van der Waals surface area contributed by atoms with E-state index < -0.39 is 0 Å². The maximum absolute atomic E-state index is 12.7. The summed E-state index contributed by atoms with van der Waals surface area (Å²) in [5.74, 6) is 1.01. The molecule has 26 heavy (non-hydrogen) atoms. The Bertz CT molecular complexity index is 750. The van der Waals surface area contributed by atoms with E-state index >= 15 is 0 Å². The van der Waals surface area contributed by atoms with Crippen LogP contribution in [-0.2, 0) is 11.8 Å². The van der Waals surface area contributed by atoms with Gasteiger partial charge in [0.25, 0.3) is 0 Å². The summed E-state index contributed by atoms with van der Waals surface area (Å²) >= 11 is 0. The highest BCUT2D eigenvalue weighted by Gasteiger charge is 2.28. The van der Waals surface area contributed by atoms with E-state index in [1.54, 1.807) is 6.20 Å². The van der Waals surface area contributed by atoms with Crippen LogP contribution in [0.4, 0.5) is 5.69 Å². The monoisotopic (exact) mass is 377 g/mol. The van der Waals surface area contributed by atoms with E-state index in [1.807, 2.05) is 31.7 Å². The molecule has 1 aromatic carbocycles. The second kappa shape index (κ2) is 8.66. The van der Waals surface area contributed by atoms with E-state index in [4.69, 9.17) is 0 Å². The number of piperazine rings is 1. The van der Waals surface area contributed by atoms with Crippen LogP contribution < -0.4 is 10.6 Å². The predicted molar refractivity (Wildman–Crippen MR) is 107 cm³/mol. The summed E-state index contributed by atoms with van der Waals surface area (Å²) in [6.07, 6.45) is 3.75. The highest BCUT2D eigenvalue weighted by atomic mass is 35.5. The first-order valence-corrected chi connectivity index (χ1v) is 8.75. The molecule has 142 valence electrons. The minimum Gasteiger partial charge on any atom is -0.337 e. The van der Waals surface area contributed by atoms with Crippen LogP contribution in [0.5, 0.6) is 0 Å². The first kappa shape index (κ1) is 20.4. The number of imidazole rings is 1. The number of aromatic nitrogens is 2. The zero-order valence-electron chi connectivity index (χ0n) is 15.9. The maximum atomic E-state index is 12.7. The van der Waals surface area contributed by atoms with Gasteiger partial charge in [0.1, 0.15) is 5.82 Å². The first-order chi connectivity index (χ1) is 12.0. The Balaban J connectivity index is 0.00000243. The molecular formula is C19H28ClN5O. The Hall–Kier alpha value is -1.89. The van der Waals surface area contributed by atoms with E-state index in [9.17, 15) is 4.79 Å². The standard InChI is InChI=1S/C19H27N5O.ClH/c1-13-9-14(2)18(15(3)10-13)22-17(25)12-24-8-5-20-11-16(24)19-21-6-7-23(19)4;/h6-7,9-10,16,20H,5,8,11-12H2,1-4H3,(H,22,25);1H. The van der Waals surface area contributed by atoms with Crippen molar-refractivity contribution >= 4 is 24.0 Å². The molecule has 1 saturated heterocycles. The number of amides is 1. The van der Waals surface area contributed by atoms with Crippen LogP contribution in [0.2, 0.25) is 0 Å². The SMILES string of the molecule is Cc1cc(C)c(NC(=O)CN2CCNCC2c2nccn2C)c(C)c1.Cl. The average Bonchev–Trinajstić information content (AvgIpc) is 2.97. The van der Waals surface area contributed by atoms with Crippen molar-refractivity contribution in [3.63, 3.8) is 0 Å². The van der Waals surface area contributed by atoms with Gasteiger partial charge in [-0.25, -0.2) is 4.98 Å². The molecule has 0 aliphatic carbocycles. The minimum absolute atomic E-state index is 0. The smallest absolute Gasteiger partial charge is 0.238 e. The van der Waals surface area contributed by atoms with Crippen molar-refractivity contribution in [1.82, 2.24) is 19.8 Å². The van der Waals surface area contributed by atoms with Gasteiger partial charge in [0.2, 0.25) is 5.91 Å². The molecule has 2 N–H and O–H groups in total. The van der Waals surface area contributed by atoms with Crippen molar-refractivity contribution < 1.29 is 4.79 Å². The lowest BCUT2D eigenvalue weighted by atomic mass is 10.1. The highest BCUT2D eigenvalue weighted by molar-refractivity contribution is 5.93. The van der Waals surface area contributed by atoms with Crippen LogP contribution in [0.1, 0.15) is 28.6 Å². The lowest BCUT2D eigenvalue weighted by molar-refractivity contribution is -0.118. The summed E-state index contributed by atoms with van der Waals surface area (Å²) in [5, 5.41) is 6.51. The molecule has 6 nitrogen and oxygen atoms in total. The fourth-order valence-corrected chi connectivity index (χ4v) is 3.63. The van der Waals surface area contributed by atoms with Crippen LogP contribution in [0.15, 0.2) is 24.5 Å². The molecule has 0 bridgehead atoms. The quantitative estimate of drug-likeness (QED) is 0.858. The summed E-state index contributed by atoms with van der Waals surface area (Å²) in [7, 11) is 1.99. The van der Waals surface area contributed by atoms with Gasteiger partial charge in [-0.1, -0.05) is 17.7 Å². The lowest BCUT2D eigenvalue weighted by Gasteiger charge is -2.35. The van der Waals surface area contributed by atoms with Gasteiger partial charge >= 0.3 is 0 Å². The average molecular weight is 378 g/mol. The van der Waals surface area contributed by atoms with Crippen molar-refractivity contribution in [2.75, 3.05) is 31.5 Å². The van der Waals surface area contributed by atoms with Crippen LogP contribution in [-0.4, -0.2) is 46.5 Å². The minimum atomic E-state index is 0. The second-order valence-electron chi connectivity index (χ2n) is 6.91. The summed E-state index contributed by atoms with van der Waals surface area (Å²) in [5.41, 5.74) is 4.35. The third-order valence-corrected chi connectivity index (χ3v) is 4.80. The number of hydrogen-bond donors (Lipinski definition) is 2. The summed E-state index contributed by atoms with van der Waals surface area (Å²) < 4.78 is 2.02. The number of nitrogens with zero attached hydrogens (tertiary/aromatic N) is 3. The van der Waals surface area contributed by atoms with E-state index in [2.05, 4.69) is 39.6 Å². The van der Waals surface area contributed by atoms with Gasteiger partial charge in [0.15, 0.2) is 0 Å². The molecule has 0 radical (unpaired) electrons. The van der Waals surface area contributed by atoms with E-state index in [-0.39, 0.29) is 24.4 Å². The zero-order chi connectivity index (χ0) is 18.0. The molecule has 1 aromatic heterocycles. The number of hydrogen-bond acceptors (Lipinski definition) is 4. The Morgan fingerprint density at radius 3 is 2.62 bits per heavy atom. The van der Waals surface area contributed by atoms with Crippen LogP contribution in [0, 0.1) is 20.8 Å². The predicted octanol–water partition coefficient (Wildman–Crippen LogP) is 2.35. The number of anilines is 1. The second-order valence-corrected chi connectivity index (χ2v) is 6.91. The Morgan fingerprint density at radius 2 is 2.00 bits per heavy atom. The molecule has 0 saturated carbocycles. The molecule has 2 aromatic rings. The van der Waals surface area contributed by atoms with Crippen LogP contribution >= 0.6 is 12.4 Å². The van der Waals surface area contributed by atoms with Gasteiger partial charge in [0.05, 0.1) is 12.6 Å². The molecule has 1 atom stereocenters. The normalized spacial score (nSPS) is 17.6. The molecule has 2 heterocycles. The first-order valence-electron chi connectivity index (χ1n) is 8.75. The molecule has 0 spiro atoms. The Labute approximate surface area is 161 Å². The molecular weight excluding hydrogens is 350 g/mol. The third kappa shape index (κ3) is 4.44. The number of rotatable bonds is 4. The zero-order valence-corrected chi connectivity index (χ0v) is 16.7. The van der Waals surface area contributed by atoms with E-state index in [0.717, 1.165) is 42.3 Å². The van der Waals surface area contributed by atoms with E-state index in [0.29, 0.717) is 6.54 Å². The number of halogens is 1. The third-order valence-electron chi connectivity index (χ3n) is 4.80. The van der Waals surface area contributed by atoms with Gasteiger partial charge < -0.3 is 15.2 Å². The fraction of sp³-hybridized carbons (Fsp3) is 0.474. The van der Waals surface area contributed by atoms with Crippen molar-refractivity contribution in [3.05, 3.63) is 47.0 Å². The van der Waals surface area contributed by atoms with Crippen molar-refractivity contribution in [2.45, 2.75) is 26.8 Å². The largest absolute Gasteiger partial charge is 0.337 e. The summed E-state index contributed by atoms with van der Waals surface area (Å²) in [6.45, 7) is 9.04. The molecule has 3 rings (SSSR count). The fourth-order valence-electron chi connectivity index (χ4n) is 3.63. The van der Waals surface area contributed by atoms with Gasteiger partial charge in [-0.2, -0.15) is 0 Å². The molecule has 7 heteroatoms. The van der Waals surface area contributed by atoms with Gasteiger partial charge in [-0.15, -0.1) is 12.4 Å². The van der Waals surface area contributed by atoms with Gasteiger partial charge in [-0.05, 0) is 31.9 Å². The lowest BCUT2D eigenvalue weighted by Crippen LogP contribution is -2.49. The van der Waals surface area contributed by atoms with Crippen LogP contribution in [0.25, 0.3) is 0 Å². The number of nitrogens with one attached hydrogen (secondary N) is 2. The van der Waals surface area contributed by atoms with Gasteiger partial charge in [0, 0.05) is 44.8 Å². The topological polar surface area (TPSA) is 62.2 Å². The summed E-state index contributed by atoms with van der Waals surface area (Å²) in [6, 6.07) is 4.31. The molecule has 1 unspecified atom stereocenters. The molecule has 1 fully saturated rings. The molecule has 1 aliphatic heterocycles. The van der Waals surface area contributed by atoms with Crippen molar-refractivity contribution in [2.24, 2.45) is 7.05 Å². The molecule has 1 amide bonds. The van der Waals surface area contributed by atoms with E-state index in [1.165, 1.54) is 5.56 Å². The maximum Gasteiger partial charge on any atom is 0.238 e. The summed E-state index contributed by atoms with van der Waals surface area (Å²) in [4.78, 5) is 19.3. The number of aryl methyl sites for hydroxylation is 4. The van der Waals surface area contributed by atoms with Crippen molar-refractivity contribution in [1.29, 1.82) is 0 Å². The Morgan fingerprint density at radius 1 is 1.31 bits per heavy atom. The highest BCUT2D eigenvalue weighted by Crippen LogP contribution is 2.23. The molecule has 1 aliphatic rings. The van der Waals surface area contributed by atoms with Crippen LogP contribution in [0.3, 0.4) is 0 Å². The number of carbonyl (C=O) groups is 1. The van der Waals surface area contributed by atoms with Crippen molar-refractivity contribution in [3.8, 4) is 0 Å². The van der Waals surface area contributed by atoms with Gasteiger partial charge in [-0.3, -0.25) is 9.69 Å². The Kier molecular flexibility index (Phi) is 6.81. The number of carbonyl (C=O) groups excluding carboxylic acids is 1. The number of benzene rings is 1.